The van der Waals surface area contributed by atoms with Crippen molar-refractivity contribution in [2.45, 2.75) is 25.4 Å². The lowest BCUT2D eigenvalue weighted by Gasteiger charge is -2.32. The fourth-order valence-electron chi connectivity index (χ4n) is 2.82. The second kappa shape index (κ2) is 7.06. The zero-order valence-electron chi connectivity index (χ0n) is 13.1. The maximum atomic E-state index is 12.3. The minimum absolute atomic E-state index is 0.121. The van der Waals surface area contributed by atoms with Crippen molar-refractivity contribution in [3.63, 3.8) is 0 Å². The van der Waals surface area contributed by atoms with Crippen molar-refractivity contribution in [2.75, 3.05) is 13.1 Å². The first kappa shape index (κ1) is 15.9. The van der Waals surface area contributed by atoms with Crippen LogP contribution in [0.2, 0.25) is 0 Å². The van der Waals surface area contributed by atoms with Crippen molar-refractivity contribution in [2.24, 2.45) is 7.05 Å². The molecule has 0 spiro atoms. The molecule has 0 bridgehead atoms. The zero-order chi connectivity index (χ0) is 16.2. The lowest BCUT2D eigenvalue weighted by Crippen LogP contribution is -2.47. The Morgan fingerprint density at radius 1 is 1.43 bits per heavy atom. The normalized spacial score (nSPS) is 18.7. The summed E-state index contributed by atoms with van der Waals surface area (Å²) in [5, 5.41) is 9.12. The van der Waals surface area contributed by atoms with E-state index in [1.807, 2.05) is 0 Å². The molecule has 1 atom stereocenters. The number of aromatic nitrogens is 2. The second-order valence-corrected chi connectivity index (χ2v) is 6.84. The van der Waals surface area contributed by atoms with Crippen LogP contribution in [-0.2, 0) is 13.6 Å². The van der Waals surface area contributed by atoms with Gasteiger partial charge in [0, 0.05) is 37.1 Å². The highest BCUT2D eigenvalue weighted by Gasteiger charge is 2.22. The highest BCUT2D eigenvalue weighted by atomic mass is 32.1. The van der Waals surface area contributed by atoms with Gasteiger partial charge in [0.1, 0.15) is 5.69 Å². The SMILES string of the molecule is Cn1nc(C(=O)N[C@H]2CCCN(Cc3cccs3)C2)ccc1=O. The van der Waals surface area contributed by atoms with E-state index in [4.69, 9.17) is 0 Å². The molecule has 3 rings (SSSR count). The number of rotatable bonds is 4. The first-order valence-electron chi connectivity index (χ1n) is 7.72. The smallest absolute Gasteiger partial charge is 0.271 e. The van der Waals surface area contributed by atoms with Crippen molar-refractivity contribution in [3.05, 3.63) is 50.6 Å². The summed E-state index contributed by atoms with van der Waals surface area (Å²) >= 11 is 1.76. The van der Waals surface area contributed by atoms with Crippen LogP contribution in [0.25, 0.3) is 0 Å². The molecule has 23 heavy (non-hydrogen) atoms. The van der Waals surface area contributed by atoms with Crippen LogP contribution in [0.4, 0.5) is 0 Å². The molecular formula is C16H20N4O2S. The van der Waals surface area contributed by atoms with Crippen molar-refractivity contribution in [1.82, 2.24) is 20.0 Å². The van der Waals surface area contributed by atoms with Crippen LogP contribution in [0.3, 0.4) is 0 Å². The van der Waals surface area contributed by atoms with Gasteiger partial charge in [0.2, 0.25) is 0 Å². The molecule has 1 amide bonds. The minimum Gasteiger partial charge on any atom is -0.347 e. The van der Waals surface area contributed by atoms with Gasteiger partial charge in [0.15, 0.2) is 0 Å². The van der Waals surface area contributed by atoms with Crippen LogP contribution in [0.15, 0.2) is 34.4 Å². The van der Waals surface area contributed by atoms with E-state index >= 15 is 0 Å². The molecule has 1 aliphatic heterocycles. The maximum absolute atomic E-state index is 12.3. The highest BCUT2D eigenvalue weighted by Crippen LogP contribution is 2.17. The lowest BCUT2D eigenvalue weighted by atomic mass is 10.1. The fraction of sp³-hybridized carbons (Fsp3) is 0.438. The molecule has 1 aliphatic rings. The molecule has 2 aromatic rings. The molecule has 1 N–H and O–H groups in total. The molecule has 0 saturated carbocycles. The van der Waals surface area contributed by atoms with Crippen LogP contribution in [0, 0.1) is 0 Å². The molecule has 0 aliphatic carbocycles. The van der Waals surface area contributed by atoms with Gasteiger partial charge < -0.3 is 5.32 Å². The number of amides is 1. The summed E-state index contributed by atoms with van der Waals surface area (Å²) in [7, 11) is 1.54. The summed E-state index contributed by atoms with van der Waals surface area (Å²) in [4.78, 5) is 27.3. The Labute approximate surface area is 138 Å². The second-order valence-electron chi connectivity index (χ2n) is 5.81. The predicted molar refractivity (Wildman–Crippen MR) is 89.6 cm³/mol. The molecule has 2 aromatic heterocycles. The third-order valence-corrected chi connectivity index (χ3v) is 4.85. The topological polar surface area (TPSA) is 67.2 Å². The van der Waals surface area contributed by atoms with Gasteiger partial charge in [-0.05, 0) is 36.9 Å². The molecule has 122 valence electrons. The largest absolute Gasteiger partial charge is 0.347 e. The minimum atomic E-state index is -0.221. The van der Waals surface area contributed by atoms with Gasteiger partial charge in [0.25, 0.3) is 11.5 Å². The van der Waals surface area contributed by atoms with E-state index < -0.39 is 0 Å². The standard InChI is InChI=1S/C16H20N4O2S/c1-19-15(21)7-6-14(18-19)16(22)17-12-4-2-8-20(10-12)11-13-5-3-9-23-13/h3,5-7,9,12H,2,4,8,10-11H2,1H3,(H,17,22)/t12-/m0/s1. The average Bonchev–Trinajstić information content (AvgIpc) is 3.03. The average molecular weight is 332 g/mol. The van der Waals surface area contributed by atoms with E-state index in [1.165, 1.54) is 21.7 Å². The van der Waals surface area contributed by atoms with Gasteiger partial charge in [-0.3, -0.25) is 14.5 Å². The van der Waals surface area contributed by atoms with E-state index in [9.17, 15) is 9.59 Å². The quantitative estimate of drug-likeness (QED) is 0.915. The first-order valence-corrected chi connectivity index (χ1v) is 8.60. The van der Waals surface area contributed by atoms with Crippen LogP contribution in [-0.4, -0.2) is 39.7 Å². The van der Waals surface area contributed by atoms with Crippen molar-refractivity contribution >= 4 is 17.2 Å². The Hall–Kier alpha value is -1.99. The molecular weight excluding hydrogens is 312 g/mol. The Balaban J connectivity index is 1.59. The molecule has 7 heteroatoms. The van der Waals surface area contributed by atoms with Gasteiger partial charge in [-0.15, -0.1) is 11.3 Å². The van der Waals surface area contributed by atoms with Crippen molar-refractivity contribution < 1.29 is 4.79 Å². The number of hydrogen-bond acceptors (Lipinski definition) is 5. The lowest BCUT2D eigenvalue weighted by molar-refractivity contribution is 0.0894. The Kier molecular flexibility index (Phi) is 4.88. The Morgan fingerprint density at radius 3 is 3.04 bits per heavy atom. The monoisotopic (exact) mass is 332 g/mol. The van der Waals surface area contributed by atoms with Crippen LogP contribution < -0.4 is 10.9 Å². The number of carbonyl (C=O) groups excluding carboxylic acids is 1. The first-order chi connectivity index (χ1) is 11.1. The summed E-state index contributed by atoms with van der Waals surface area (Å²) in [5.41, 5.74) is 0.0591. The third kappa shape index (κ3) is 4.05. The summed E-state index contributed by atoms with van der Waals surface area (Å²) < 4.78 is 1.18. The Morgan fingerprint density at radius 2 is 2.30 bits per heavy atom. The number of likely N-dealkylation sites (tertiary alicyclic amines) is 1. The van der Waals surface area contributed by atoms with Crippen molar-refractivity contribution in [3.8, 4) is 0 Å². The molecule has 3 heterocycles. The van der Waals surface area contributed by atoms with E-state index in [-0.39, 0.29) is 23.2 Å². The summed E-state index contributed by atoms with van der Waals surface area (Å²) in [5.74, 6) is -0.219. The molecule has 6 nitrogen and oxygen atoms in total. The van der Waals surface area contributed by atoms with E-state index in [1.54, 1.807) is 18.4 Å². The number of piperidine rings is 1. The molecule has 1 fully saturated rings. The maximum Gasteiger partial charge on any atom is 0.271 e. The molecule has 1 saturated heterocycles. The third-order valence-electron chi connectivity index (χ3n) is 3.99. The fourth-order valence-corrected chi connectivity index (χ4v) is 3.57. The zero-order valence-corrected chi connectivity index (χ0v) is 13.9. The van der Waals surface area contributed by atoms with Crippen molar-refractivity contribution in [1.29, 1.82) is 0 Å². The summed E-state index contributed by atoms with van der Waals surface area (Å²) in [6.07, 6.45) is 2.04. The van der Waals surface area contributed by atoms with Crippen LogP contribution in [0.5, 0.6) is 0 Å². The van der Waals surface area contributed by atoms with Gasteiger partial charge >= 0.3 is 0 Å². The van der Waals surface area contributed by atoms with Gasteiger partial charge in [-0.25, -0.2) is 4.68 Å². The highest BCUT2D eigenvalue weighted by molar-refractivity contribution is 7.09. The van der Waals surface area contributed by atoms with Gasteiger partial charge in [-0.1, -0.05) is 6.07 Å². The number of aryl methyl sites for hydroxylation is 1. The number of thiophene rings is 1. The van der Waals surface area contributed by atoms with Crippen LogP contribution >= 0.6 is 11.3 Å². The molecule has 0 radical (unpaired) electrons. The van der Waals surface area contributed by atoms with E-state index in [2.05, 4.69) is 32.8 Å². The predicted octanol–water partition coefficient (Wildman–Crippen LogP) is 1.24. The molecule has 0 unspecified atom stereocenters. The molecule has 0 aromatic carbocycles. The number of nitrogens with zero attached hydrogens (tertiary/aromatic N) is 3. The van der Waals surface area contributed by atoms with E-state index in [0.717, 1.165) is 32.5 Å². The van der Waals surface area contributed by atoms with E-state index in [0.29, 0.717) is 0 Å². The number of nitrogens with one attached hydrogen (secondary N) is 1. The van der Waals surface area contributed by atoms with Crippen LogP contribution in [0.1, 0.15) is 28.2 Å². The number of hydrogen-bond donors (Lipinski definition) is 1. The summed E-state index contributed by atoms with van der Waals surface area (Å²) in [6, 6.07) is 7.17. The van der Waals surface area contributed by atoms with Gasteiger partial charge in [0.05, 0.1) is 0 Å². The summed E-state index contributed by atoms with van der Waals surface area (Å²) in [6.45, 7) is 2.83. The Bertz CT molecular complexity index is 726. The number of carbonyl (C=O) groups is 1. The van der Waals surface area contributed by atoms with Gasteiger partial charge in [-0.2, -0.15) is 5.10 Å².